The van der Waals surface area contributed by atoms with E-state index in [9.17, 15) is 0 Å². The fourth-order valence-corrected chi connectivity index (χ4v) is 2.15. The van der Waals surface area contributed by atoms with Crippen molar-refractivity contribution in [3.05, 3.63) is 47.8 Å². The third-order valence-electron chi connectivity index (χ3n) is 2.80. The van der Waals surface area contributed by atoms with Gasteiger partial charge in [0.05, 0.1) is 0 Å². The van der Waals surface area contributed by atoms with Crippen LogP contribution in [-0.2, 0) is 0 Å². The first-order chi connectivity index (χ1) is 8.24. The fourth-order valence-electron chi connectivity index (χ4n) is 2.15. The molecule has 1 heterocycles. The fraction of sp³-hybridized carbons (Fsp3) is 0.200. The minimum atomic E-state index is 0.930. The van der Waals surface area contributed by atoms with E-state index >= 15 is 0 Å². The molecule has 0 aliphatic carbocycles. The molecule has 0 aliphatic heterocycles. The maximum Gasteiger partial charge on any atom is 0.239 e. The zero-order valence-corrected chi connectivity index (χ0v) is 11.0. The van der Waals surface area contributed by atoms with Crippen LogP contribution in [0, 0.1) is 0 Å². The predicted octanol–water partition coefficient (Wildman–Crippen LogP) is 4.09. The normalized spacial score (nSPS) is 11.2. The summed E-state index contributed by atoms with van der Waals surface area (Å²) in [5.41, 5.74) is 4.74. The van der Waals surface area contributed by atoms with Crippen molar-refractivity contribution in [3.63, 3.8) is 0 Å². The Kier molecular flexibility index (Phi) is 4.83. The molecule has 0 bridgehead atoms. The zero-order valence-electron chi connectivity index (χ0n) is 11.0. The first-order valence-corrected chi connectivity index (χ1v) is 6.01. The van der Waals surface area contributed by atoms with Crippen LogP contribution in [0.2, 0.25) is 6.82 Å². The molecule has 0 atom stereocenters. The van der Waals surface area contributed by atoms with E-state index < -0.39 is 0 Å². The standard InChI is InChI=1S/C15H20BN/c1-6-10-13-12(8-3)14(9-4)17(16-5)15(13)11-7-2/h6-11,16H,3-4H2,1-2,5H3/b10-6-,11-7-. The first-order valence-electron chi connectivity index (χ1n) is 6.01. The van der Waals surface area contributed by atoms with Crippen LogP contribution < -0.4 is 0 Å². The van der Waals surface area contributed by atoms with Gasteiger partial charge in [0, 0.05) is 22.5 Å². The van der Waals surface area contributed by atoms with E-state index in [1.54, 1.807) is 0 Å². The highest BCUT2D eigenvalue weighted by molar-refractivity contribution is 6.33. The summed E-state index contributed by atoms with van der Waals surface area (Å²) in [6, 6.07) is 0. The molecule has 0 amide bonds. The number of nitrogens with zero attached hydrogens (tertiary/aromatic N) is 1. The van der Waals surface area contributed by atoms with E-state index in [0.29, 0.717) is 0 Å². The van der Waals surface area contributed by atoms with Gasteiger partial charge in [-0.25, -0.2) is 0 Å². The van der Waals surface area contributed by atoms with Crippen LogP contribution in [-0.4, -0.2) is 11.9 Å². The average Bonchev–Trinajstić information content (AvgIpc) is 2.63. The Bertz CT molecular complexity index is 476. The van der Waals surface area contributed by atoms with Crippen molar-refractivity contribution in [2.24, 2.45) is 0 Å². The molecular weight excluding hydrogens is 205 g/mol. The van der Waals surface area contributed by atoms with Gasteiger partial charge in [-0.3, -0.25) is 0 Å². The first kappa shape index (κ1) is 13.4. The van der Waals surface area contributed by atoms with Crippen LogP contribution in [0.15, 0.2) is 25.3 Å². The number of aromatic nitrogens is 1. The van der Waals surface area contributed by atoms with Gasteiger partial charge < -0.3 is 4.48 Å². The number of hydrogen-bond donors (Lipinski definition) is 0. The molecule has 0 saturated heterocycles. The smallest absolute Gasteiger partial charge is 0.239 e. The van der Waals surface area contributed by atoms with Crippen LogP contribution in [0.3, 0.4) is 0 Å². The molecule has 0 radical (unpaired) electrons. The molecular formula is C15H20BN. The highest BCUT2D eigenvalue weighted by Gasteiger charge is 2.14. The van der Waals surface area contributed by atoms with Gasteiger partial charge in [0.1, 0.15) is 0 Å². The SMILES string of the molecule is C=Cc1c(/C=C\C)c(/C=C\C)n(BC)c1C=C. The van der Waals surface area contributed by atoms with E-state index in [-0.39, 0.29) is 0 Å². The van der Waals surface area contributed by atoms with Gasteiger partial charge in [0.15, 0.2) is 0 Å². The van der Waals surface area contributed by atoms with Crippen molar-refractivity contribution in [1.82, 2.24) is 4.48 Å². The van der Waals surface area contributed by atoms with E-state index in [1.807, 2.05) is 26.0 Å². The van der Waals surface area contributed by atoms with Gasteiger partial charge in [-0.05, 0) is 26.0 Å². The van der Waals surface area contributed by atoms with Gasteiger partial charge in [-0.15, -0.1) is 0 Å². The Morgan fingerprint density at radius 2 is 1.59 bits per heavy atom. The van der Waals surface area contributed by atoms with Crippen molar-refractivity contribution in [2.75, 3.05) is 0 Å². The highest BCUT2D eigenvalue weighted by atomic mass is 14.9. The Labute approximate surface area is 105 Å². The average molecular weight is 225 g/mol. The van der Waals surface area contributed by atoms with Crippen molar-refractivity contribution in [2.45, 2.75) is 20.7 Å². The number of hydrogen-bond acceptors (Lipinski definition) is 0. The molecule has 0 spiro atoms. The van der Waals surface area contributed by atoms with Crippen molar-refractivity contribution >= 4 is 31.7 Å². The second-order valence-corrected chi connectivity index (χ2v) is 3.75. The lowest BCUT2D eigenvalue weighted by Gasteiger charge is -2.05. The van der Waals surface area contributed by atoms with Crippen molar-refractivity contribution < 1.29 is 0 Å². The molecule has 1 aromatic rings. The summed E-state index contributed by atoms with van der Waals surface area (Å²) in [5.74, 6) is 0. The third kappa shape index (κ3) is 2.36. The lowest BCUT2D eigenvalue weighted by Crippen LogP contribution is -2.06. The molecule has 0 saturated carbocycles. The summed E-state index contributed by atoms with van der Waals surface area (Å²) in [4.78, 5) is 0. The Morgan fingerprint density at radius 3 is 2.00 bits per heavy atom. The number of rotatable bonds is 5. The van der Waals surface area contributed by atoms with E-state index in [4.69, 9.17) is 0 Å². The Morgan fingerprint density at radius 1 is 0.941 bits per heavy atom. The molecule has 88 valence electrons. The summed E-state index contributed by atoms with van der Waals surface area (Å²) in [6.07, 6.45) is 12.2. The maximum atomic E-state index is 3.91. The molecule has 2 heteroatoms. The second kappa shape index (κ2) is 6.14. The van der Waals surface area contributed by atoms with Crippen LogP contribution in [0.5, 0.6) is 0 Å². The molecule has 0 N–H and O–H groups in total. The summed E-state index contributed by atoms with van der Waals surface area (Å²) >= 11 is 0. The van der Waals surface area contributed by atoms with E-state index in [1.165, 1.54) is 11.3 Å². The minimum absolute atomic E-state index is 0.930. The van der Waals surface area contributed by atoms with Gasteiger partial charge in [0.2, 0.25) is 7.41 Å². The topological polar surface area (TPSA) is 4.93 Å². The third-order valence-corrected chi connectivity index (χ3v) is 2.80. The van der Waals surface area contributed by atoms with E-state index in [2.05, 4.69) is 48.8 Å². The largest absolute Gasteiger partial charge is 0.389 e. The lowest BCUT2D eigenvalue weighted by atomic mass is 9.98. The molecule has 17 heavy (non-hydrogen) atoms. The molecule has 1 rings (SSSR count). The monoisotopic (exact) mass is 225 g/mol. The van der Waals surface area contributed by atoms with Gasteiger partial charge in [-0.2, -0.15) is 0 Å². The van der Waals surface area contributed by atoms with Gasteiger partial charge in [-0.1, -0.05) is 44.3 Å². The van der Waals surface area contributed by atoms with Crippen molar-refractivity contribution in [3.8, 4) is 0 Å². The number of allylic oxidation sites excluding steroid dienone is 2. The predicted molar refractivity (Wildman–Crippen MR) is 82.4 cm³/mol. The zero-order chi connectivity index (χ0) is 12.8. The molecule has 0 fully saturated rings. The molecule has 0 unspecified atom stereocenters. The van der Waals surface area contributed by atoms with Crippen LogP contribution >= 0.6 is 0 Å². The molecule has 0 aromatic carbocycles. The molecule has 1 aromatic heterocycles. The minimum Gasteiger partial charge on any atom is -0.389 e. The van der Waals surface area contributed by atoms with E-state index in [0.717, 1.165) is 18.7 Å². The van der Waals surface area contributed by atoms with Crippen LogP contribution in [0.25, 0.3) is 24.3 Å². The van der Waals surface area contributed by atoms with Crippen molar-refractivity contribution in [1.29, 1.82) is 0 Å². The summed E-state index contributed by atoms with van der Waals surface area (Å²) < 4.78 is 2.26. The second-order valence-electron chi connectivity index (χ2n) is 3.75. The lowest BCUT2D eigenvalue weighted by molar-refractivity contribution is 1.18. The summed E-state index contributed by atoms with van der Waals surface area (Å²) in [6.45, 7) is 14.0. The highest BCUT2D eigenvalue weighted by Crippen LogP contribution is 2.27. The van der Waals surface area contributed by atoms with Crippen LogP contribution in [0.1, 0.15) is 36.4 Å². The molecule has 0 aliphatic rings. The summed E-state index contributed by atoms with van der Waals surface area (Å²) in [5, 5.41) is 0. The maximum absolute atomic E-state index is 3.91. The molecule has 1 nitrogen and oxygen atoms in total. The summed E-state index contributed by atoms with van der Waals surface area (Å²) in [7, 11) is 0.930. The quantitative estimate of drug-likeness (QED) is 0.665. The van der Waals surface area contributed by atoms with Gasteiger partial charge in [0.25, 0.3) is 0 Å². The Balaban J connectivity index is 3.69. The van der Waals surface area contributed by atoms with Crippen LogP contribution in [0.4, 0.5) is 0 Å². The van der Waals surface area contributed by atoms with Gasteiger partial charge >= 0.3 is 0 Å². The Hall–Kier alpha value is -1.70.